The van der Waals surface area contributed by atoms with Crippen LogP contribution in [0.25, 0.3) is 11.1 Å². The van der Waals surface area contributed by atoms with E-state index >= 15 is 0 Å². The van der Waals surface area contributed by atoms with Gasteiger partial charge in [-0.05, 0) is 25.1 Å². The van der Waals surface area contributed by atoms with Crippen LogP contribution in [0.2, 0.25) is 0 Å². The highest BCUT2D eigenvalue weighted by Gasteiger charge is 2.20. The number of esters is 1. The molecule has 3 aromatic rings. The number of nitrogens with one attached hydrogen (secondary N) is 1. The molecule has 1 fully saturated rings. The molecule has 1 saturated heterocycles. The Bertz CT molecular complexity index is 1090. The van der Waals surface area contributed by atoms with Gasteiger partial charge in [-0.3, -0.25) is 4.98 Å². The van der Waals surface area contributed by atoms with Gasteiger partial charge in [0.1, 0.15) is 11.6 Å². The van der Waals surface area contributed by atoms with Gasteiger partial charge in [0.15, 0.2) is 0 Å². The summed E-state index contributed by atoms with van der Waals surface area (Å²) < 4.78 is 15.9. The van der Waals surface area contributed by atoms with E-state index in [4.69, 9.17) is 19.2 Å². The maximum atomic E-state index is 12.2. The number of ether oxygens (including phenoxy) is 3. The molecule has 0 bridgehead atoms. The van der Waals surface area contributed by atoms with Crippen molar-refractivity contribution in [3.05, 3.63) is 54.5 Å². The van der Waals surface area contributed by atoms with Gasteiger partial charge in [-0.1, -0.05) is 6.07 Å². The van der Waals surface area contributed by atoms with Gasteiger partial charge in [0.05, 0.1) is 32.5 Å². The molecule has 0 amide bonds. The van der Waals surface area contributed by atoms with E-state index < -0.39 is 5.97 Å². The minimum absolute atomic E-state index is 0.301. The molecule has 1 aliphatic rings. The number of morpholine rings is 1. The average Bonchev–Trinajstić information content (AvgIpc) is 2.85. The fourth-order valence-corrected chi connectivity index (χ4v) is 3.40. The van der Waals surface area contributed by atoms with Gasteiger partial charge in [-0.25, -0.2) is 9.78 Å². The molecule has 0 unspecified atom stereocenters. The van der Waals surface area contributed by atoms with E-state index in [1.165, 1.54) is 6.20 Å². The third kappa shape index (κ3) is 4.94. The number of methoxy groups -OCH3 is 1. The number of hydrogen-bond donors (Lipinski definition) is 1. The number of pyridine rings is 1. The number of nitrogens with zero attached hydrogens (tertiary/aromatic N) is 4. The van der Waals surface area contributed by atoms with E-state index in [0.29, 0.717) is 44.4 Å². The second-order valence-electron chi connectivity index (χ2n) is 7.07. The Morgan fingerprint density at radius 2 is 2.03 bits per heavy atom. The van der Waals surface area contributed by atoms with Crippen LogP contribution in [0, 0.1) is 0 Å². The van der Waals surface area contributed by atoms with Crippen LogP contribution in [-0.4, -0.2) is 60.9 Å². The van der Waals surface area contributed by atoms with Gasteiger partial charge < -0.3 is 24.4 Å². The summed E-state index contributed by atoms with van der Waals surface area (Å²) in [6, 6.07) is 9.31. The van der Waals surface area contributed by atoms with Crippen LogP contribution in [-0.2, 0) is 9.47 Å². The molecule has 1 N–H and O–H groups in total. The minimum Gasteiger partial charge on any atom is -0.497 e. The zero-order valence-electron chi connectivity index (χ0n) is 18.1. The van der Waals surface area contributed by atoms with E-state index in [0.717, 1.165) is 28.4 Å². The first-order valence-corrected chi connectivity index (χ1v) is 10.4. The van der Waals surface area contributed by atoms with Crippen molar-refractivity contribution in [3.8, 4) is 16.9 Å². The minimum atomic E-state index is -0.410. The Kier molecular flexibility index (Phi) is 6.76. The monoisotopic (exact) mass is 435 g/mol. The van der Waals surface area contributed by atoms with Crippen molar-refractivity contribution in [2.75, 3.05) is 50.2 Å². The van der Waals surface area contributed by atoms with Crippen LogP contribution >= 0.6 is 0 Å². The Hall–Kier alpha value is -3.72. The summed E-state index contributed by atoms with van der Waals surface area (Å²) in [5.41, 5.74) is 2.72. The summed E-state index contributed by atoms with van der Waals surface area (Å²) in [4.78, 5) is 27.9. The van der Waals surface area contributed by atoms with Crippen LogP contribution in [0.1, 0.15) is 17.3 Å². The first kappa shape index (κ1) is 21.5. The summed E-state index contributed by atoms with van der Waals surface area (Å²) >= 11 is 0. The van der Waals surface area contributed by atoms with Crippen molar-refractivity contribution in [2.24, 2.45) is 0 Å². The molecule has 0 aliphatic carbocycles. The predicted molar refractivity (Wildman–Crippen MR) is 121 cm³/mol. The van der Waals surface area contributed by atoms with Crippen molar-refractivity contribution in [2.45, 2.75) is 6.92 Å². The molecule has 9 heteroatoms. The summed E-state index contributed by atoms with van der Waals surface area (Å²) in [5, 5.41) is 3.23. The molecule has 166 valence electrons. The summed E-state index contributed by atoms with van der Waals surface area (Å²) in [6.07, 6.45) is 4.93. The molecule has 1 aromatic carbocycles. The lowest BCUT2D eigenvalue weighted by atomic mass is 10.1. The van der Waals surface area contributed by atoms with Gasteiger partial charge >= 0.3 is 5.97 Å². The third-order valence-electron chi connectivity index (χ3n) is 4.97. The lowest BCUT2D eigenvalue weighted by molar-refractivity contribution is 0.0526. The summed E-state index contributed by atoms with van der Waals surface area (Å²) in [6.45, 7) is 4.71. The Morgan fingerprint density at radius 1 is 1.19 bits per heavy atom. The second-order valence-corrected chi connectivity index (χ2v) is 7.07. The Labute approximate surface area is 186 Å². The average molecular weight is 435 g/mol. The topological polar surface area (TPSA) is 98.7 Å². The third-order valence-corrected chi connectivity index (χ3v) is 4.97. The molecule has 32 heavy (non-hydrogen) atoms. The maximum Gasteiger partial charge on any atom is 0.339 e. The lowest BCUT2D eigenvalue weighted by Crippen LogP contribution is -2.37. The molecule has 9 nitrogen and oxygen atoms in total. The number of rotatable bonds is 7. The smallest absolute Gasteiger partial charge is 0.339 e. The van der Waals surface area contributed by atoms with Gasteiger partial charge in [0.2, 0.25) is 5.95 Å². The predicted octanol–water partition coefficient (Wildman–Crippen LogP) is 3.30. The first-order chi connectivity index (χ1) is 15.7. The maximum absolute atomic E-state index is 12.2. The van der Waals surface area contributed by atoms with E-state index in [9.17, 15) is 4.79 Å². The zero-order chi connectivity index (χ0) is 22.3. The van der Waals surface area contributed by atoms with Crippen molar-refractivity contribution in [1.29, 1.82) is 0 Å². The molecule has 4 rings (SSSR count). The highest BCUT2D eigenvalue weighted by molar-refractivity contribution is 5.91. The van der Waals surface area contributed by atoms with E-state index in [1.54, 1.807) is 32.5 Å². The van der Waals surface area contributed by atoms with Gasteiger partial charge in [-0.2, -0.15) is 4.98 Å². The molecule has 3 heterocycles. The van der Waals surface area contributed by atoms with E-state index in [1.807, 2.05) is 24.3 Å². The molecule has 2 aromatic heterocycles. The quantitative estimate of drug-likeness (QED) is 0.560. The van der Waals surface area contributed by atoms with Gasteiger partial charge in [0, 0.05) is 54.6 Å². The van der Waals surface area contributed by atoms with Crippen molar-refractivity contribution in [3.63, 3.8) is 0 Å². The fraction of sp³-hybridized carbons (Fsp3) is 0.304. The number of benzene rings is 1. The van der Waals surface area contributed by atoms with Gasteiger partial charge in [0.25, 0.3) is 0 Å². The van der Waals surface area contributed by atoms with E-state index in [2.05, 4.69) is 20.2 Å². The number of aromatic nitrogens is 3. The van der Waals surface area contributed by atoms with Crippen LogP contribution in [0.15, 0.2) is 48.9 Å². The number of anilines is 3. The lowest BCUT2D eigenvalue weighted by Gasteiger charge is -2.29. The Morgan fingerprint density at radius 3 is 2.81 bits per heavy atom. The first-order valence-electron chi connectivity index (χ1n) is 10.4. The largest absolute Gasteiger partial charge is 0.497 e. The molecular formula is C23H25N5O4. The second kappa shape index (κ2) is 10.1. The molecule has 0 saturated carbocycles. The highest BCUT2D eigenvalue weighted by Crippen LogP contribution is 2.31. The van der Waals surface area contributed by atoms with Crippen LogP contribution in [0.3, 0.4) is 0 Å². The summed E-state index contributed by atoms with van der Waals surface area (Å²) in [5.74, 6) is 1.53. The number of carbonyl (C=O) groups is 1. The number of carbonyl (C=O) groups excluding carboxylic acids is 1. The molecular weight excluding hydrogens is 410 g/mol. The van der Waals surface area contributed by atoms with Crippen LogP contribution in [0.5, 0.6) is 5.75 Å². The van der Waals surface area contributed by atoms with Crippen molar-refractivity contribution < 1.29 is 19.0 Å². The van der Waals surface area contributed by atoms with Crippen LogP contribution < -0.4 is 15.0 Å². The summed E-state index contributed by atoms with van der Waals surface area (Å²) in [7, 11) is 1.62. The van der Waals surface area contributed by atoms with Crippen molar-refractivity contribution in [1.82, 2.24) is 15.0 Å². The molecule has 0 atom stereocenters. The highest BCUT2D eigenvalue weighted by atomic mass is 16.5. The standard InChI is InChI=1S/C23H25N5O4/c1-3-32-22(29)17-11-16(13-24-14-17)20-15-25-23(26-18-5-4-6-19(12-18)30-2)27-21(20)28-7-9-31-10-8-28/h4-6,11-15H,3,7-10H2,1-2H3,(H,25,26,27). The van der Waals surface area contributed by atoms with Crippen LogP contribution in [0.4, 0.5) is 17.5 Å². The molecule has 0 spiro atoms. The van der Waals surface area contributed by atoms with Crippen molar-refractivity contribution >= 4 is 23.4 Å². The van der Waals surface area contributed by atoms with E-state index in [-0.39, 0.29) is 0 Å². The zero-order valence-corrected chi connectivity index (χ0v) is 18.1. The van der Waals surface area contributed by atoms with Gasteiger partial charge in [-0.15, -0.1) is 0 Å². The molecule has 0 radical (unpaired) electrons. The SMILES string of the molecule is CCOC(=O)c1cncc(-c2cnc(Nc3cccc(OC)c3)nc2N2CCOCC2)c1. The number of hydrogen-bond acceptors (Lipinski definition) is 9. The fourth-order valence-electron chi connectivity index (χ4n) is 3.40. The normalized spacial score (nSPS) is 13.5. The Balaban J connectivity index is 1.70. The molecule has 1 aliphatic heterocycles.